The third-order valence-corrected chi connectivity index (χ3v) is 8.78. The van der Waals surface area contributed by atoms with Crippen molar-refractivity contribution in [1.82, 2.24) is 9.97 Å². The summed E-state index contributed by atoms with van der Waals surface area (Å²) in [6.45, 7) is 0.760. The Labute approximate surface area is 268 Å². The number of H-pyrrole nitrogens is 2. The van der Waals surface area contributed by atoms with E-state index < -0.39 is 16.6 Å². The lowest BCUT2D eigenvalue weighted by molar-refractivity contribution is -0.137. The van der Waals surface area contributed by atoms with Crippen LogP contribution in [0.1, 0.15) is 33.4 Å². The third kappa shape index (κ3) is 5.70. The molecule has 4 nitrogen and oxygen atoms in total. The molecule has 8 heteroatoms. The molecule has 0 aliphatic carbocycles. The maximum atomic E-state index is 13.6. The second-order valence-corrected chi connectivity index (χ2v) is 11.7. The van der Waals surface area contributed by atoms with Gasteiger partial charge in [0, 0.05) is 45.3 Å². The van der Waals surface area contributed by atoms with E-state index in [2.05, 4.69) is 9.97 Å². The maximum absolute atomic E-state index is 13.6. The minimum absolute atomic E-state index is 0.380. The van der Waals surface area contributed by atoms with Crippen LogP contribution in [0.2, 0.25) is 0 Å². The summed E-state index contributed by atoms with van der Waals surface area (Å²) in [7, 11) is 0. The van der Waals surface area contributed by atoms with Gasteiger partial charge in [-0.3, -0.25) is 0 Å². The highest BCUT2D eigenvalue weighted by Gasteiger charge is 2.39. The molecule has 0 fully saturated rings. The molecule has 2 heterocycles. The van der Waals surface area contributed by atoms with Crippen LogP contribution in [-0.4, -0.2) is 9.97 Å². The van der Waals surface area contributed by atoms with Gasteiger partial charge in [-0.1, -0.05) is 72.8 Å². The van der Waals surface area contributed by atoms with Crippen LogP contribution >= 0.6 is 11.6 Å². The van der Waals surface area contributed by atoms with E-state index >= 15 is 0 Å². The quantitative estimate of drug-likeness (QED) is 0.155. The van der Waals surface area contributed by atoms with Crippen LogP contribution in [0.3, 0.4) is 0 Å². The predicted molar refractivity (Wildman–Crippen MR) is 175 cm³/mol. The lowest BCUT2D eigenvalue weighted by Gasteiger charge is -2.28. The summed E-state index contributed by atoms with van der Waals surface area (Å²) < 4.78 is 53.0. The number of hydrogen-bond acceptors (Lipinski definition) is 2. The summed E-state index contributed by atoms with van der Waals surface area (Å²) in [6, 6.07) is 36.1. The summed E-state index contributed by atoms with van der Waals surface area (Å²) in [4.78, 5) is 5.22. The molecule has 5 aromatic carbocycles. The standard InChI is InChI=1S/C38H28ClF3N2O2/c39-37(27-11-13-28(14-12-27)38(40,41)42,33-21-43-35-17-15-29(19-31(33)35)45-23-25-7-3-1-4-8-25)34-22-44-36-18-16-30(20-32(34)36)46-24-26-9-5-2-6-10-26/h1-22,43-44H,23-24H2. The van der Waals surface area contributed by atoms with E-state index in [0.717, 1.165) is 45.1 Å². The van der Waals surface area contributed by atoms with Crippen molar-refractivity contribution < 1.29 is 22.6 Å². The molecule has 0 saturated heterocycles. The highest BCUT2D eigenvalue weighted by molar-refractivity contribution is 6.30. The first-order chi connectivity index (χ1) is 22.3. The monoisotopic (exact) mass is 636 g/mol. The minimum Gasteiger partial charge on any atom is -0.489 e. The fourth-order valence-corrected chi connectivity index (χ4v) is 6.21. The van der Waals surface area contributed by atoms with Gasteiger partial charge in [-0.15, -0.1) is 11.6 Å². The average Bonchev–Trinajstić information content (AvgIpc) is 3.71. The normalized spacial score (nSPS) is 12.1. The van der Waals surface area contributed by atoms with E-state index in [4.69, 9.17) is 21.1 Å². The molecule has 0 bridgehead atoms. The molecule has 2 N–H and O–H groups in total. The van der Waals surface area contributed by atoms with Gasteiger partial charge < -0.3 is 19.4 Å². The lowest BCUT2D eigenvalue weighted by atomic mass is 9.83. The Morgan fingerprint density at radius 3 is 1.41 bits per heavy atom. The molecular formula is C38H28ClF3N2O2. The molecule has 7 rings (SSSR count). The van der Waals surface area contributed by atoms with Gasteiger partial charge >= 0.3 is 6.18 Å². The molecule has 0 aliphatic heterocycles. The number of ether oxygens (including phenoxy) is 2. The lowest BCUT2D eigenvalue weighted by Crippen LogP contribution is -2.22. The van der Waals surface area contributed by atoms with Crippen molar-refractivity contribution in [2.24, 2.45) is 0 Å². The van der Waals surface area contributed by atoms with E-state index in [1.165, 1.54) is 12.1 Å². The van der Waals surface area contributed by atoms with Crippen molar-refractivity contribution >= 4 is 33.4 Å². The fourth-order valence-electron chi connectivity index (χ4n) is 5.78. The molecule has 0 unspecified atom stereocenters. The first-order valence-corrected chi connectivity index (χ1v) is 15.1. The van der Waals surface area contributed by atoms with Crippen molar-refractivity contribution in [2.75, 3.05) is 0 Å². The number of fused-ring (bicyclic) bond motifs is 2. The van der Waals surface area contributed by atoms with Gasteiger partial charge in [0.1, 0.15) is 29.6 Å². The fraction of sp³-hybridized carbons (Fsp3) is 0.105. The smallest absolute Gasteiger partial charge is 0.416 e. The zero-order valence-electron chi connectivity index (χ0n) is 24.4. The number of nitrogens with one attached hydrogen (secondary N) is 2. The first kappa shape index (κ1) is 29.6. The number of aromatic nitrogens is 2. The van der Waals surface area contributed by atoms with E-state index in [-0.39, 0.29) is 0 Å². The zero-order valence-corrected chi connectivity index (χ0v) is 25.2. The largest absolute Gasteiger partial charge is 0.489 e. The second-order valence-electron chi connectivity index (χ2n) is 11.1. The van der Waals surface area contributed by atoms with Crippen LogP contribution in [0.25, 0.3) is 21.8 Å². The third-order valence-electron chi connectivity index (χ3n) is 8.16. The molecule has 7 aromatic rings. The first-order valence-electron chi connectivity index (χ1n) is 14.7. The topological polar surface area (TPSA) is 50.0 Å². The Kier molecular flexibility index (Phi) is 7.70. The van der Waals surface area contributed by atoms with Crippen LogP contribution in [-0.2, 0) is 24.3 Å². The highest BCUT2D eigenvalue weighted by Crippen LogP contribution is 2.49. The molecule has 2 aromatic heterocycles. The van der Waals surface area contributed by atoms with Gasteiger partial charge in [-0.05, 0) is 65.2 Å². The van der Waals surface area contributed by atoms with Gasteiger partial charge in [-0.2, -0.15) is 13.2 Å². The number of alkyl halides is 4. The Morgan fingerprint density at radius 2 is 0.978 bits per heavy atom. The van der Waals surface area contributed by atoms with Crippen molar-refractivity contribution in [3.63, 3.8) is 0 Å². The molecule has 0 spiro atoms. The SMILES string of the molecule is FC(F)(F)c1ccc(C(Cl)(c2c[nH]c3ccc(OCc4ccccc4)cc23)c2c[nH]c3ccc(OCc4ccccc4)cc23)cc1. The maximum Gasteiger partial charge on any atom is 0.416 e. The van der Waals surface area contributed by atoms with Crippen LogP contribution in [0.15, 0.2) is 134 Å². The average molecular weight is 637 g/mol. The minimum atomic E-state index is -4.48. The Hall–Kier alpha value is -5.14. The van der Waals surface area contributed by atoms with Crippen LogP contribution in [0.5, 0.6) is 11.5 Å². The van der Waals surface area contributed by atoms with Gasteiger partial charge in [0.15, 0.2) is 0 Å². The Bertz CT molecular complexity index is 1980. The van der Waals surface area contributed by atoms with Crippen molar-refractivity contribution in [2.45, 2.75) is 24.3 Å². The summed E-state index contributed by atoms with van der Waals surface area (Å²) >= 11 is 7.77. The zero-order chi connectivity index (χ0) is 31.7. The molecule has 46 heavy (non-hydrogen) atoms. The van der Waals surface area contributed by atoms with Crippen molar-refractivity contribution in [1.29, 1.82) is 0 Å². The molecule has 0 saturated carbocycles. The summed E-state index contributed by atoms with van der Waals surface area (Å²) in [5, 5.41) is 1.57. The Morgan fingerprint density at radius 1 is 0.543 bits per heavy atom. The van der Waals surface area contributed by atoms with Gasteiger partial charge in [-0.25, -0.2) is 0 Å². The van der Waals surface area contributed by atoms with Gasteiger partial charge in [0.25, 0.3) is 0 Å². The molecular weight excluding hydrogens is 609 g/mol. The molecule has 0 aliphatic rings. The van der Waals surface area contributed by atoms with Crippen molar-refractivity contribution in [3.8, 4) is 11.5 Å². The second kappa shape index (κ2) is 12.0. The number of rotatable bonds is 9. The number of aromatic amines is 2. The van der Waals surface area contributed by atoms with Crippen LogP contribution in [0, 0.1) is 0 Å². The molecule has 0 radical (unpaired) electrons. The molecule has 230 valence electrons. The van der Waals surface area contributed by atoms with E-state index in [0.29, 0.717) is 41.4 Å². The van der Waals surface area contributed by atoms with E-state index in [9.17, 15) is 13.2 Å². The van der Waals surface area contributed by atoms with Crippen molar-refractivity contribution in [3.05, 3.63) is 167 Å². The number of halogens is 4. The molecule has 0 amide bonds. The summed E-state index contributed by atoms with van der Waals surface area (Å²) in [6.07, 6.45) is -0.860. The highest BCUT2D eigenvalue weighted by atomic mass is 35.5. The Balaban J connectivity index is 1.34. The van der Waals surface area contributed by atoms with E-state index in [1.54, 1.807) is 0 Å². The van der Waals surface area contributed by atoms with Gasteiger partial charge in [0.05, 0.1) is 5.56 Å². The van der Waals surface area contributed by atoms with Crippen LogP contribution in [0.4, 0.5) is 13.2 Å². The summed E-state index contributed by atoms with van der Waals surface area (Å²) in [5.74, 6) is 1.28. The summed E-state index contributed by atoms with van der Waals surface area (Å²) in [5.41, 5.74) is 4.75. The molecule has 0 atom stereocenters. The van der Waals surface area contributed by atoms with Gasteiger partial charge in [0.2, 0.25) is 0 Å². The predicted octanol–water partition coefficient (Wildman–Crippen LogP) is 10.4. The van der Waals surface area contributed by atoms with E-state index in [1.807, 2.05) is 109 Å². The number of hydrogen-bond donors (Lipinski definition) is 2. The number of benzene rings is 5. The van der Waals surface area contributed by atoms with Crippen LogP contribution < -0.4 is 9.47 Å².